The SMILES string of the molecule is O=C(Cc1cccc(I)c1)Nc1ccc(OCC(=O)c2ccc(Br)cc2)cc1. The third-order valence-electron chi connectivity index (χ3n) is 3.93. The van der Waals surface area contributed by atoms with Crippen molar-refractivity contribution in [1.29, 1.82) is 0 Å². The van der Waals surface area contributed by atoms with Gasteiger partial charge in [-0.05, 0) is 76.7 Å². The average Bonchev–Trinajstić information content (AvgIpc) is 2.67. The molecule has 3 aromatic rings. The van der Waals surface area contributed by atoms with E-state index in [2.05, 4.69) is 43.8 Å². The number of benzene rings is 3. The predicted octanol–water partition coefficient (Wildman–Crippen LogP) is 5.50. The Hall–Kier alpha value is -2.19. The minimum atomic E-state index is -0.0950. The van der Waals surface area contributed by atoms with Gasteiger partial charge < -0.3 is 10.1 Å². The topological polar surface area (TPSA) is 55.4 Å². The molecule has 0 saturated heterocycles. The van der Waals surface area contributed by atoms with Crippen molar-refractivity contribution in [3.8, 4) is 5.75 Å². The second-order valence-corrected chi connectivity index (χ2v) is 8.26. The highest BCUT2D eigenvalue weighted by Gasteiger charge is 2.08. The molecule has 3 aromatic carbocycles. The first kappa shape index (κ1) is 20.5. The van der Waals surface area contributed by atoms with Gasteiger partial charge in [0.25, 0.3) is 0 Å². The van der Waals surface area contributed by atoms with E-state index in [9.17, 15) is 9.59 Å². The van der Waals surface area contributed by atoms with Gasteiger partial charge in [-0.2, -0.15) is 0 Å². The summed E-state index contributed by atoms with van der Waals surface area (Å²) in [6.07, 6.45) is 0.316. The third kappa shape index (κ3) is 6.17. The van der Waals surface area contributed by atoms with Gasteiger partial charge in [0.1, 0.15) is 5.75 Å². The second kappa shape index (κ2) is 9.84. The van der Waals surface area contributed by atoms with Gasteiger partial charge in [0, 0.05) is 19.3 Å². The smallest absolute Gasteiger partial charge is 0.228 e. The molecule has 0 aliphatic rings. The molecule has 0 unspecified atom stereocenters. The Morgan fingerprint density at radius 2 is 1.68 bits per heavy atom. The number of halogens is 2. The van der Waals surface area contributed by atoms with E-state index in [0.29, 0.717) is 23.4 Å². The van der Waals surface area contributed by atoms with E-state index in [0.717, 1.165) is 13.6 Å². The van der Waals surface area contributed by atoms with Crippen LogP contribution in [-0.2, 0) is 11.2 Å². The summed E-state index contributed by atoms with van der Waals surface area (Å²) in [7, 11) is 0. The second-order valence-electron chi connectivity index (χ2n) is 6.10. The Bertz CT molecular complexity index is 972. The lowest BCUT2D eigenvalue weighted by Crippen LogP contribution is -2.14. The maximum Gasteiger partial charge on any atom is 0.228 e. The molecule has 142 valence electrons. The summed E-state index contributed by atoms with van der Waals surface area (Å²) in [5.41, 5.74) is 2.25. The predicted molar refractivity (Wildman–Crippen MR) is 122 cm³/mol. The van der Waals surface area contributed by atoms with Crippen LogP contribution in [-0.4, -0.2) is 18.3 Å². The Morgan fingerprint density at radius 3 is 2.36 bits per heavy atom. The van der Waals surface area contributed by atoms with Gasteiger partial charge in [0.05, 0.1) is 6.42 Å². The zero-order chi connectivity index (χ0) is 19.9. The molecule has 0 radical (unpaired) electrons. The summed E-state index contributed by atoms with van der Waals surface area (Å²) in [6.45, 7) is -0.0417. The summed E-state index contributed by atoms with van der Waals surface area (Å²) < 4.78 is 7.57. The van der Waals surface area contributed by atoms with Gasteiger partial charge in [-0.25, -0.2) is 0 Å². The average molecular weight is 550 g/mol. The Kier molecular flexibility index (Phi) is 7.22. The van der Waals surface area contributed by atoms with E-state index >= 15 is 0 Å². The minimum absolute atomic E-state index is 0.0417. The number of rotatable bonds is 7. The number of carbonyl (C=O) groups excluding carboxylic acids is 2. The molecule has 0 aromatic heterocycles. The number of ether oxygens (including phenoxy) is 1. The first-order chi connectivity index (χ1) is 13.5. The number of hydrogen-bond acceptors (Lipinski definition) is 3. The first-order valence-corrected chi connectivity index (χ1v) is 10.4. The quantitative estimate of drug-likeness (QED) is 0.313. The number of hydrogen-bond donors (Lipinski definition) is 1. The molecule has 3 rings (SSSR count). The molecular formula is C22H17BrINO3. The van der Waals surface area contributed by atoms with Crippen molar-refractivity contribution >= 4 is 55.9 Å². The van der Waals surface area contributed by atoms with Crippen molar-refractivity contribution < 1.29 is 14.3 Å². The van der Waals surface area contributed by atoms with E-state index in [4.69, 9.17) is 4.74 Å². The van der Waals surface area contributed by atoms with Gasteiger partial charge in [0.2, 0.25) is 5.91 Å². The highest BCUT2D eigenvalue weighted by atomic mass is 127. The number of Topliss-reactive ketones (excluding diaryl/α,β-unsaturated/α-hetero) is 1. The maximum absolute atomic E-state index is 12.2. The van der Waals surface area contributed by atoms with E-state index in [1.54, 1.807) is 36.4 Å². The van der Waals surface area contributed by atoms with Gasteiger partial charge in [-0.1, -0.05) is 40.2 Å². The summed E-state index contributed by atoms with van der Waals surface area (Å²) >= 11 is 5.57. The number of anilines is 1. The molecule has 6 heteroatoms. The molecule has 0 saturated carbocycles. The molecule has 0 aliphatic heterocycles. The molecule has 1 N–H and O–H groups in total. The Morgan fingerprint density at radius 1 is 0.964 bits per heavy atom. The first-order valence-electron chi connectivity index (χ1n) is 8.55. The standard InChI is InChI=1S/C22H17BrINO3/c23-17-6-4-16(5-7-17)21(26)14-28-20-10-8-19(9-11-20)25-22(27)13-15-2-1-3-18(24)12-15/h1-12H,13-14H2,(H,25,27). The number of ketones is 1. The van der Waals surface area contributed by atoms with Crippen LogP contribution in [0.5, 0.6) is 5.75 Å². The van der Waals surface area contributed by atoms with Crippen molar-refractivity contribution in [3.63, 3.8) is 0 Å². The van der Waals surface area contributed by atoms with Crippen molar-refractivity contribution in [2.45, 2.75) is 6.42 Å². The van der Waals surface area contributed by atoms with E-state index in [-0.39, 0.29) is 18.3 Å². The van der Waals surface area contributed by atoms with Crippen molar-refractivity contribution in [3.05, 3.63) is 92.0 Å². The van der Waals surface area contributed by atoms with Gasteiger partial charge in [-0.3, -0.25) is 9.59 Å². The van der Waals surface area contributed by atoms with Gasteiger partial charge in [-0.15, -0.1) is 0 Å². The summed E-state index contributed by atoms with van der Waals surface area (Å²) in [5.74, 6) is 0.393. The highest BCUT2D eigenvalue weighted by Crippen LogP contribution is 2.17. The van der Waals surface area contributed by atoms with Crippen LogP contribution in [0, 0.1) is 3.57 Å². The highest BCUT2D eigenvalue weighted by molar-refractivity contribution is 14.1. The molecule has 0 spiro atoms. The zero-order valence-corrected chi connectivity index (χ0v) is 18.6. The molecule has 28 heavy (non-hydrogen) atoms. The third-order valence-corrected chi connectivity index (χ3v) is 5.13. The summed E-state index contributed by atoms with van der Waals surface area (Å²) in [5, 5.41) is 2.86. The van der Waals surface area contributed by atoms with Crippen LogP contribution in [0.25, 0.3) is 0 Å². The molecule has 1 amide bonds. The molecule has 4 nitrogen and oxygen atoms in total. The molecule has 0 fully saturated rings. The lowest BCUT2D eigenvalue weighted by Gasteiger charge is -2.08. The van der Waals surface area contributed by atoms with Crippen LogP contribution in [0.2, 0.25) is 0 Å². The van der Waals surface area contributed by atoms with Crippen LogP contribution in [0.1, 0.15) is 15.9 Å². The minimum Gasteiger partial charge on any atom is -0.485 e. The maximum atomic E-state index is 12.2. The monoisotopic (exact) mass is 549 g/mol. The lowest BCUT2D eigenvalue weighted by molar-refractivity contribution is -0.115. The van der Waals surface area contributed by atoms with Gasteiger partial charge in [0.15, 0.2) is 12.4 Å². The molecular weight excluding hydrogens is 533 g/mol. The fourth-order valence-corrected chi connectivity index (χ4v) is 3.41. The van der Waals surface area contributed by atoms with Crippen molar-refractivity contribution in [1.82, 2.24) is 0 Å². The summed E-state index contributed by atoms with van der Waals surface area (Å²) in [4.78, 5) is 24.3. The number of nitrogens with one attached hydrogen (secondary N) is 1. The summed E-state index contributed by atoms with van der Waals surface area (Å²) in [6, 6.07) is 22.0. The molecule has 0 aliphatic carbocycles. The van der Waals surface area contributed by atoms with E-state index in [1.807, 2.05) is 36.4 Å². The lowest BCUT2D eigenvalue weighted by atomic mass is 10.1. The fraction of sp³-hybridized carbons (Fsp3) is 0.0909. The largest absolute Gasteiger partial charge is 0.485 e. The van der Waals surface area contributed by atoms with Crippen LogP contribution >= 0.6 is 38.5 Å². The van der Waals surface area contributed by atoms with Gasteiger partial charge >= 0.3 is 0 Å². The van der Waals surface area contributed by atoms with E-state index < -0.39 is 0 Å². The fourth-order valence-electron chi connectivity index (χ4n) is 2.54. The van der Waals surface area contributed by atoms with Crippen molar-refractivity contribution in [2.75, 3.05) is 11.9 Å². The van der Waals surface area contributed by atoms with Crippen LogP contribution < -0.4 is 10.1 Å². The molecule has 0 atom stereocenters. The molecule has 0 bridgehead atoms. The van der Waals surface area contributed by atoms with Crippen LogP contribution in [0.15, 0.2) is 77.3 Å². The Balaban J connectivity index is 1.51. The number of amides is 1. The van der Waals surface area contributed by atoms with Crippen LogP contribution in [0.3, 0.4) is 0 Å². The zero-order valence-electron chi connectivity index (χ0n) is 14.8. The van der Waals surface area contributed by atoms with Crippen LogP contribution in [0.4, 0.5) is 5.69 Å². The number of carbonyl (C=O) groups is 2. The van der Waals surface area contributed by atoms with Crippen molar-refractivity contribution in [2.24, 2.45) is 0 Å². The van der Waals surface area contributed by atoms with E-state index in [1.165, 1.54) is 0 Å². The normalized spacial score (nSPS) is 10.4. The molecule has 0 heterocycles. The Labute approximate surface area is 185 Å².